The zero-order chi connectivity index (χ0) is 8.44. The molecule has 0 bridgehead atoms. The van der Waals surface area contributed by atoms with Crippen LogP contribution in [0.15, 0.2) is 0 Å². The lowest BCUT2D eigenvalue weighted by Gasteiger charge is -2.39. The Bertz CT molecular complexity index is 175. The van der Waals surface area contributed by atoms with Gasteiger partial charge in [0, 0.05) is 13.1 Å². The number of hydrogen-bond donors (Lipinski definition) is 1. The third kappa shape index (κ3) is 1.12. The maximum Gasteiger partial charge on any atom is 0.210 e. The van der Waals surface area contributed by atoms with Crippen molar-refractivity contribution in [2.24, 2.45) is 0 Å². The van der Waals surface area contributed by atoms with Gasteiger partial charge in [0.25, 0.3) is 0 Å². The Hall–Kier alpha value is -0.570. The molecule has 1 spiro atoms. The molecule has 0 aromatic rings. The van der Waals surface area contributed by atoms with E-state index in [9.17, 15) is 4.79 Å². The first kappa shape index (κ1) is 8.05. The van der Waals surface area contributed by atoms with Gasteiger partial charge in [0.1, 0.15) is 0 Å². The Morgan fingerprint density at radius 3 is 2.83 bits per heavy atom. The van der Waals surface area contributed by atoms with E-state index in [0.717, 1.165) is 26.0 Å². The van der Waals surface area contributed by atoms with E-state index in [1.54, 1.807) is 0 Å². The Balaban J connectivity index is 2.10. The lowest BCUT2D eigenvalue weighted by atomic mass is 9.88. The molecule has 2 saturated heterocycles. The van der Waals surface area contributed by atoms with E-state index in [-0.39, 0.29) is 5.54 Å². The molecule has 0 saturated carbocycles. The first-order chi connectivity index (χ1) is 5.87. The number of piperidine rings is 1. The zero-order valence-electron chi connectivity index (χ0n) is 7.38. The Morgan fingerprint density at radius 1 is 1.33 bits per heavy atom. The Kier molecular flexibility index (Phi) is 2.05. The van der Waals surface area contributed by atoms with Gasteiger partial charge < -0.3 is 10.2 Å². The number of amides is 1. The van der Waals surface area contributed by atoms with E-state index < -0.39 is 0 Å². The van der Waals surface area contributed by atoms with Gasteiger partial charge in [-0.25, -0.2) is 0 Å². The summed E-state index contributed by atoms with van der Waals surface area (Å²) in [6.07, 6.45) is 5.81. The molecule has 3 heteroatoms. The Labute approximate surface area is 73.1 Å². The largest absolute Gasteiger partial charge is 0.338 e. The standard InChI is InChI=1S/C9H16N2O/c12-8-11-6-2-4-9(11)3-1-5-10-7-9/h8,10H,1-7H2. The zero-order valence-corrected chi connectivity index (χ0v) is 7.38. The molecule has 2 rings (SSSR count). The van der Waals surface area contributed by atoms with E-state index in [1.807, 2.05) is 4.90 Å². The minimum atomic E-state index is 0.194. The van der Waals surface area contributed by atoms with Crippen molar-refractivity contribution in [1.82, 2.24) is 10.2 Å². The highest BCUT2D eigenvalue weighted by atomic mass is 16.1. The average Bonchev–Trinajstić information content (AvgIpc) is 2.49. The van der Waals surface area contributed by atoms with Crippen LogP contribution in [0.3, 0.4) is 0 Å². The van der Waals surface area contributed by atoms with Crippen molar-refractivity contribution in [3.63, 3.8) is 0 Å². The molecule has 0 aliphatic carbocycles. The molecule has 1 N–H and O–H groups in total. The summed E-state index contributed by atoms with van der Waals surface area (Å²) in [6, 6.07) is 0. The number of carbonyl (C=O) groups excluding carboxylic acids is 1. The normalized spacial score (nSPS) is 35.8. The second-order valence-electron chi connectivity index (χ2n) is 3.91. The summed E-state index contributed by atoms with van der Waals surface area (Å²) in [6.45, 7) is 3.09. The molecule has 3 nitrogen and oxygen atoms in total. The van der Waals surface area contributed by atoms with Crippen molar-refractivity contribution in [2.75, 3.05) is 19.6 Å². The molecule has 0 radical (unpaired) electrons. The molecule has 2 aliphatic heterocycles. The predicted molar refractivity (Wildman–Crippen MR) is 46.8 cm³/mol. The van der Waals surface area contributed by atoms with Crippen LogP contribution in [-0.2, 0) is 4.79 Å². The SMILES string of the molecule is O=CN1CCCC12CCCNC2. The molecule has 2 heterocycles. The van der Waals surface area contributed by atoms with Crippen molar-refractivity contribution in [3.05, 3.63) is 0 Å². The van der Waals surface area contributed by atoms with E-state index in [0.29, 0.717) is 0 Å². The second kappa shape index (κ2) is 3.05. The Morgan fingerprint density at radius 2 is 2.17 bits per heavy atom. The first-order valence-corrected chi connectivity index (χ1v) is 4.80. The molecule has 0 aromatic heterocycles. The van der Waals surface area contributed by atoms with E-state index in [2.05, 4.69) is 5.32 Å². The minimum absolute atomic E-state index is 0.194. The van der Waals surface area contributed by atoms with Gasteiger partial charge in [0.2, 0.25) is 6.41 Å². The molecule has 2 fully saturated rings. The highest BCUT2D eigenvalue weighted by Crippen LogP contribution is 2.33. The van der Waals surface area contributed by atoms with Crippen molar-refractivity contribution in [2.45, 2.75) is 31.2 Å². The second-order valence-corrected chi connectivity index (χ2v) is 3.91. The minimum Gasteiger partial charge on any atom is -0.338 e. The summed E-state index contributed by atoms with van der Waals surface area (Å²) in [5, 5.41) is 3.38. The number of nitrogens with one attached hydrogen (secondary N) is 1. The van der Waals surface area contributed by atoms with Gasteiger partial charge in [-0.3, -0.25) is 4.79 Å². The van der Waals surface area contributed by atoms with E-state index >= 15 is 0 Å². The molecule has 0 aromatic carbocycles. The third-order valence-electron chi connectivity index (χ3n) is 3.23. The van der Waals surface area contributed by atoms with E-state index in [4.69, 9.17) is 0 Å². The van der Waals surface area contributed by atoms with Gasteiger partial charge in [-0.15, -0.1) is 0 Å². The molecular weight excluding hydrogens is 152 g/mol. The predicted octanol–water partition coefficient (Wildman–Crippen LogP) is 0.361. The summed E-state index contributed by atoms with van der Waals surface area (Å²) >= 11 is 0. The quantitative estimate of drug-likeness (QED) is 0.573. The van der Waals surface area contributed by atoms with Gasteiger partial charge in [-0.05, 0) is 32.2 Å². The summed E-state index contributed by atoms with van der Waals surface area (Å²) in [5.41, 5.74) is 0.194. The van der Waals surface area contributed by atoms with Crippen LogP contribution >= 0.6 is 0 Å². The van der Waals surface area contributed by atoms with Crippen LogP contribution in [0, 0.1) is 0 Å². The summed E-state index contributed by atoms with van der Waals surface area (Å²) in [4.78, 5) is 12.8. The molecule has 1 unspecified atom stereocenters. The fourth-order valence-electron chi connectivity index (χ4n) is 2.53. The lowest BCUT2D eigenvalue weighted by molar-refractivity contribution is -0.122. The number of rotatable bonds is 1. The van der Waals surface area contributed by atoms with Crippen molar-refractivity contribution < 1.29 is 4.79 Å². The average molecular weight is 168 g/mol. The van der Waals surface area contributed by atoms with Crippen LogP contribution in [0.5, 0.6) is 0 Å². The van der Waals surface area contributed by atoms with Crippen molar-refractivity contribution in [1.29, 1.82) is 0 Å². The third-order valence-corrected chi connectivity index (χ3v) is 3.23. The molecule has 2 aliphatic rings. The van der Waals surface area contributed by atoms with Crippen LogP contribution in [0.1, 0.15) is 25.7 Å². The van der Waals surface area contributed by atoms with Gasteiger partial charge >= 0.3 is 0 Å². The first-order valence-electron chi connectivity index (χ1n) is 4.80. The summed E-state index contributed by atoms with van der Waals surface area (Å²) < 4.78 is 0. The highest BCUT2D eigenvalue weighted by Gasteiger charge is 2.40. The molecule has 68 valence electrons. The van der Waals surface area contributed by atoms with Gasteiger partial charge in [-0.1, -0.05) is 0 Å². The molecule has 1 atom stereocenters. The number of nitrogens with zero attached hydrogens (tertiary/aromatic N) is 1. The van der Waals surface area contributed by atoms with Gasteiger partial charge in [0.05, 0.1) is 5.54 Å². The van der Waals surface area contributed by atoms with Crippen molar-refractivity contribution in [3.8, 4) is 0 Å². The van der Waals surface area contributed by atoms with E-state index in [1.165, 1.54) is 25.7 Å². The van der Waals surface area contributed by atoms with Crippen LogP contribution in [-0.4, -0.2) is 36.5 Å². The van der Waals surface area contributed by atoms with Crippen LogP contribution < -0.4 is 5.32 Å². The topological polar surface area (TPSA) is 32.3 Å². The van der Waals surface area contributed by atoms with Crippen LogP contribution in [0.4, 0.5) is 0 Å². The maximum absolute atomic E-state index is 10.8. The highest BCUT2D eigenvalue weighted by molar-refractivity contribution is 5.50. The lowest BCUT2D eigenvalue weighted by Crippen LogP contribution is -2.53. The monoisotopic (exact) mass is 168 g/mol. The smallest absolute Gasteiger partial charge is 0.210 e. The molecular formula is C9H16N2O. The summed E-state index contributed by atoms with van der Waals surface area (Å²) in [5.74, 6) is 0. The molecule has 1 amide bonds. The van der Waals surface area contributed by atoms with Crippen LogP contribution in [0.2, 0.25) is 0 Å². The number of hydrogen-bond acceptors (Lipinski definition) is 2. The van der Waals surface area contributed by atoms with Gasteiger partial charge in [0.15, 0.2) is 0 Å². The molecule has 12 heavy (non-hydrogen) atoms. The number of likely N-dealkylation sites (tertiary alicyclic amines) is 1. The van der Waals surface area contributed by atoms with Crippen LogP contribution in [0.25, 0.3) is 0 Å². The maximum atomic E-state index is 10.8. The fourth-order valence-corrected chi connectivity index (χ4v) is 2.53. The summed E-state index contributed by atoms with van der Waals surface area (Å²) in [7, 11) is 0. The number of carbonyl (C=O) groups is 1. The van der Waals surface area contributed by atoms with Gasteiger partial charge in [-0.2, -0.15) is 0 Å². The fraction of sp³-hybridized carbons (Fsp3) is 0.889. The van der Waals surface area contributed by atoms with Crippen molar-refractivity contribution >= 4 is 6.41 Å².